The maximum atomic E-state index is 12.2. The highest BCUT2D eigenvalue weighted by Gasteiger charge is 2.25. The standard InChI is InChI=1S/C11H9BrClN3O4S/c1-5-2-7(12)9(3-8(5)13)16-21(19,20)10-6(11(17)18)4-14-15-10/h2-4,16H,1H3,(H,14,15)(H,17,18). The molecule has 0 aliphatic carbocycles. The van der Waals surface area contributed by atoms with Crippen LogP contribution in [0.5, 0.6) is 0 Å². The van der Waals surface area contributed by atoms with Gasteiger partial charge in [0.25, 0.3) is 10.0 Å². The number of halogens is 2. The Morgan fingerprint density at radius 3 is 2.76 bits per heavy atom. The lowest BCUT2D eigenvalue weighted by molar-refractivity contribution is 0.0692. The average Bonchev–Trinajstić information content (AvgIpc) is 2.85. The molecule has 10 heteroatoms. The van der Waals surface area contributed by atoms with Crippen LogP contribution in [0.15, 0.2) is 27.8 Å². The summed E-state index contributed by atoms with van der Waals surface area (Å²) in [5.41, 5.74) is 0.507. The number of anilines is 1. The third-order valence-corrected chi connectivity index (χ3v) is 5.00. The lowest BCUT2D eigenvalue weighted by atomic mass is 10.2. The van der Waals surface area contributed by atoms with Crippen molar-refractivity contribution in [3.63, 3.8) is 0 Å². The molecule has 0 saturated carbocycles. The zero-order valence-electron chi connectivity index (χ0n) is 10.5. The largest absolute Gasteiger partial charge is 0.478 e. The molecule has 0 bridgehead atoms. The summed E-state index contributed by atoms with van der Waals surface area (Å²) < 4.78 is 27.2. The van der Waals surface area contributed by atoms with Gasteiger partial charge in [-0.2, -0.15) is 13.5 Å². The van der Waals surface area contributed by atoms with Gasteiger partial charge in [0.1, 0.15) is 5.56 Å². The lowest BCUT2D eigenvalue weighted by Crippen LogP contribution is -2.17. The van der Waals surface area contributed by atoms with Gasteiger partial charge in [-0.25, -0.2) is 4.79 Å². The van der Waals surface area contributed by atoms with Crippen molar-refractivity contribution in [1.29, 1.82) is 0 Å². The van der Waals surface area contributed by atoms with Crippen molar-refractivity contribution in [3.05, 3.63) is 39.0 Å². The number of benzene rings is 1. The van der Waals surface area contributed by atoms with Crippen molar-refractivity contribution >= 4 is 49.2 Å². The van der Waals surface area contributed by atoms with Crippen LogP contribution in [0.25, 0.3) is 0 Å². The van der Waals surface area contributed by atoms with Gasteiger partial charge in [-0.3, -0.25) is 9.82 Å². The summed E-state index contributed by atoms with van der Waals surface area (Å²) in [6.07, 6.45) is 0.925. The smallest absolute Gasteiger partial charge is 0.340 e. The number of carbonyl (C=O) groups is 1. The summed E-state index contributed by atoms with van der Waals surface area (Å²) >= 11 is 9.17. The van der Waals surface area contributed by atoms with E-state index in [1.165, 1.54) is 6.07 Å². The monoisotopic (exact) mass is 393 g/mol. The number of rotatable bonds is 4. The molecular formula is C11H9BrClN3O4S. The fourth-order valence-corrected chi connectivity index (χ4v) is 3.57. The van der Waals surface area contributed by atoms with Gasteiger partial charge in [0.2, 0.25) is 0 Å². The number of carboxylic acid groups (broad SMARTS) is 1. The molecule has 0 spiro atoms. The Morgan fingerprint density at radius 2 is 2.14 bits per heavy atom. The van der Waals surface area contributed by atoms with E-state index in [1.807, 2.05) is 0 Å². The second-order valence-electron chi connectivity index (χ2n) is 4.10. The minimum atomic E-state index is -4.14. The number of aromatic carboxylic acids is 1. The van der Waals surface area contributed by atoms with Crippen LogP contribution in [0.3, 0.4) is 0 Å². The predicted octanol–water partition coefficient (Wildman–Crippen LogP) is 2.63. The Bertz CT molecular complexity index is 819. The van der Waals surface area contributed by atoms with Crippen molar-refractivity contribution in [2.75, 3.05) is 4.72 Å². The van der Waals surface area contributed by atoms with E-state index in [4.69, 9.17) is 16.7 Å². The molecule has 1 aromatic carbocycles. The molecule has 0 unspecified atom stereocenters. The van der Waals surface area contributed by atoms with E-state index in [-0.39, 0.29) is 5.69 Å². The van der Waals surface area contributed by atoms with Gasteiger partial charge >= 0.3 is 5.97 Å². The molecule has 2 rings (SSSR count). The Balaban J connectivity index is 2.45. The maximum Gasteiger partial charge on any atom is 0.340 e. The zero-order valence-corrected chi connectivity index (χ0v) is 13.7. The summed E-state index contributed by atoms with van der Waals surface area (Å²) in [6.45, 7) is 1.77. The van der Waals surface area contributed by atoms with Crippen molar-refractivity contribution < 1.29 is 18.3 Å². The third-order valence-electron chi connectivity index (χ3n) is 2.60. The zero-order chi connectivity index (χ0) is 15.8. The molecule has 21 heavy (non-hydrogen) atoms. The van der Waals surface area contributed by atoms with E-state index in [1.54, 1.807) is 13.0 Å². The SMILES string of the molecule is Cc1cc(Br)c(NS(=O)(=O)c2[nH]ncc2C(=O)O)cc1Cl. The van der Waals surface area contributed by atoms with Crippen LogP contribution in [0, 0.1) is 6.92 Å². The molecule has 0 amide bonds. The number of nitrogens with one attached hydrogen (secondary N) is 2. The fourth-order valence-electron chi connectivity index (χ4n) is 1.55. The minimum absolute atomic E-state index is 0.191. The molecule has 7 nitrogen and oxygen atoms in total. The second-order valence-corrected chi connectivity index (χ2v) is 6.99. The number of nitrogens with zero attached hydrogens (tertiary/aromatic N) is 1. The van der Waals surface area contributed by atoms with Crippen LogP contribution in [-0.4, -0.2) is 29.7 Å². The summed E-state index contributed by atoms with van der Waals surface area (Å²) in [5.74, 6) is -1.40. The summed E-state index contributed by atoms with van der Waals surface area (Å²) in [7, 11) is -4.14. The number of aromatic amines is 1. The maximum absolute atomic E-state index is 12.2. The Labute approximate surface area is 133 Å². The van der Waals surface area contributed by atoms with Gasteiger partial charge in [0.05, 0.1) is 11.9 Å². The van der Waals surface area contributed by atoms with Crippen LogP contribution in [0.4, 0.5) is 5.69 Å². The molecule has 0 radical (unpaired) electrons. The molecular weight excluding hydrogens is 386 g/mol. The number of hydrogen-bond donors (Lipinski definition) is 3. The first-order chi connectivity index (χ1) is 9.72. The van der Waals surface area contributed by atoms with Crippen LogP contribution in [0.2, 0.25) is 5.02 Å². The van der Waals surface area contributed by atoms with Gasteiger partial charge in [-0.05, 0) is 40.5 Å². The molecule has 0 saturated heterocycles. The molecule has 0 fully saturated rings. The van der Waals surface area contributed by atoms with Gasteiger partial charge in [-0.1, -0.05) is 11.6 Å². The lowest BCUT2D eigenvalue weighted by Gasteiger charge is -2.10. The van der Waals surface area contributed by atoms with Crippen molar-refractivity contribution in [3.8, 4) is 0 Å². The molecule has 0 atom stereocenters. The fraction of sp³-hybridized carbons (Fsp3) is 0.0909. The van der Waals surface area contributed by atoms with Gasteiger partial charge in [-0.15, -0.1) is 0 Å². The highest BCUT2D eigenvalue weighted by molar-refractivity contribution is 9.10. The van der Waals surface area contributed by atoms with E-state index in [0.29, 0.717) is 9.50 Å². The first kappa shape index (κ1) is 15.8. The van der Waals surface area contributed by atoms with Crippen LogP contribution >= 0.6 is 27.5 Å². The van der Waals surface area contributed by atoms with Gasteiger partial charge < -0.3 is 5.11 Å². The Morgan fingerprint density at radius 1 is 1.48 bits per heavy atom. The normalized spacial score (nSPS) is 11.4. The topological polar surface area (TPSA) is 112 Å². The summed E-state index contributed by atoms with van der Waals surface area (Å²) in [5, 5.41) is 14.4. The first-order valence-electron chi connectivity index (χ1n) is 5.47. The molecule has 1 aromatic heterocycles. The highest BCUT2D eigenvalue weighted by atomic mass is 79.9. The molecule has 2 aromatic rings. The van der Waals surface area contributed by atoms with E-state index >= 15 is 0 Å². The molecule has 112 valence electrons. The van der Waals surface area contributed by atoms with E-state index in [2.05, 4.69) is 30.8 Å². The number of hydrogen-bond acceptors (Lipinski definition) is 4. The second kappa shape index (κ2) is 5.66. The summed E-state index contributed by atoms with van der Waals surface area (Å²) in [4.78, 5) is 11.0. The Hall–Kier alpha value is -1.58. The number of H-pyrrole nitrogens is 1. The van der Waals surface area contributed by atoms with Crippen LogP contribution < -0.4 is 4.72 Å². The third kappa shape index (κ3) is 3.20. The highest BCUT2D eigenvalue weighted by Crippen LogP contribution is 2.30. The summed E-state index contributed by atoms with van der Waals surface area (Å²) in [6, 6.07) is 3.07. The quantitative estimate of drug-likeness (QED) is 0.738. The first-order valence-corrected chi connectivity index (χ1v) is 8.13. The van der Waals surface area contributed by atoms with Gasteiger partial charge in [0.15, 0.2) is 5.03 Å². The van der Waals surface area contributed by atoms with Crippen LogP contribution in [0.1, 0.15) is 15.9 Å². The molecule has 0 aliphatic rings. The van der Waals surface area contributed by atoms with Crippen LogP contribution in [-0.2, 0) is 10.0 Å². The van der Waals surface area contributed by atoms with Crippen molar-refractivity contribution in [1.82, 2.24) is 10.2 Å². The number of aryl methyl sites for hydroxylation is 1. The van der Waals surface area contributed by atoms with E-state index < -0.39 is 26.6 Å². The molecule has 3 N–H and O–H groups in total. The van der Waals surface area contributed by atoms with Crippen molar-refractivity contribution in [2.45, 2.75) is 11.9 Å². The average molecular weight is 395 g/mol. The van der Waals surface area contributed by atoms with E-state index in [0.717, 1.165) is 11.8 Å². The van der Waals surface area contributed by atoms with E-state index in [9.17, 15) is 13.2 Å². The van der Waals surface area contributed by atoms with Gasteiger partial charge in [0, 0.05) is 9.50 Å². The predicted molar refractivity (Wildman–Crippen MR) is 80.2 cm³/mol. The Kier molecular flexibility index (Phi) is 4.26. The number of sulfonamides is 1. The number of aromatic nitrogens is 2. The molecule has 0 aliphatic heterocycles. The van der Waals surface area contributed by atoms with Crippen molar-refractivity contribution in [2.24, 2.45) is 0 Å². The minimum Gasteiger partial charge on any atom is -0.478 e. The molecule has 1 heterocycles. The number of carboxylic acids is 1.